The third kappa shape index (κ3) is 53.7. The van der Waals surface area contributed by atoms with Gasteiger partial charge in [-0.3, -0.25) is 0 Å². The van der Waals surface area contributed by atoms with E-state index in [1.54, 1.807) is 0 Å². The van der Waals surface area contributed by atoms with Gasteiger partial charge in [0.05, 0.1) is 0 Å². The molecule has 0 N–H and O–H groups in total. The van der Waals surface area contributed by atoms with Gasteiger partial charge < -0.3 is 9.90 Å². The topological polar surface area (TPSA) is 40.1 Å². The molecule has 4 heteroatoms. The number of carboxylic acid groups (broad SMARTS) is 1. The van der Waals surface area contributed by atoms with E-state index in [-0.39, 0.29) is 56.9 Å². The van der Waals surface area contributed by atoms with Crippen molar-refractivity contribution >= 4 is 33.3 Å². The van der Waals surface area contributed by atoms with Crippen LogP contribution in [-0.2, 0) is 4.79 Å². The second-order valence-corrected chi connectivity index (χ2v) is 0.492. The van der Waals surface area contributed by atoms with Crippen LogP contribution in [0.1, 0.15) is 6.92 Å². The first-order valence-corrected chi connectivity index (χ1v) is 0.908. The standard InChI is InChI=1S/C2H4O2.Na.Pb/c1-2(3)4;;/h1H3,(H,3,4);;/q;+1;/p-1. The van der Waals surface area contributed by atoms with Gasteiger partial charge in [0.15, 0.2) is 0 Å². The van der Waals surface area contributed by atoms with Gasteiger partial charge in [0.25, 0.3) is 0 Å². The fourth-order valence-electron chi connectivity index (χ4n) is 0. The normalized spacial score (nSPS) is 4.17. The SMILES string of the molecule is CC(=O)[O-].[Na+].[Pb]. The summed E-state index contributed by atoms with van der Waals surface area (Å²) in [5.74, 6) is -1.08. The van der Waals surface area contributed by atoms with Crippen LogP contribution in [0.4, 0.5) is 0 Å². The van der Waals surface area contributed by atoms with E-state index in [4.69, 9.17) is 9.90 Å². The number of carboxylic acids is 1. The van der Waals surface area contributed by atoms with E-state index >= 15 is 0 Å². The summed E-state index contributed by atoms with van der Waals surface area (Å²) in [5.41, 5.74) is 0. The molecule has 0 atom stereocenters. The van der Waals surface area contributed by atoms with Gasteiger partial charge in [0.2, 0.25) is 0 Å². The molecule has 0 aliphatic carbocycles. The maximum atomic E-state index is 8.89. The minimum Gasteiger partial charge on any atom is -0.550 e. The molecule has 28 valence electrons. The van der Waals surface area contributed by atoms with Gasteiger partial charge >= 0.3 is 29.6 Å². The van der Waals surface area contributed by atoms with Crippen LogP contribution in [-0.4, -0.2) is 33.3 Å². The Hall–Kier alpha value is 1.39. The molecule has 2 nitrogen and oxygen atoms in total. The van der Waals surface area contributed by atoms with Crippen molar-refractivity contribution < 1.29 is 39.5 Å². The molecule has 0 aliphatic rings. The predicted octanol–water partition coefficient (Wildman–Crippen LogP) is -4.62. The summed E-state index contributed by atoms with van der Waals surface area (Å²) < 4.78 is 0. The van der Waals surface area contributed by atoms with Gasteiger partial charge in [-0.15, -0.1) is 0 Å². The Kier molecular flexibility index (Phi) is 25.1. The van der Waals surface area contributed by atoms with Crippen molar-refractivity contribution in [1.29, 1.82) is 0 Å². The molecule has 4 radical (unpaired) electrons. The van der Waals surface area contributed by atoms with Crippen LogP contribution < -0.4 is 34.7 Å². The molecule has 0 fully saturated rings. The summed E-state index contributed by atoms with van der Waals surface area (Å²) in [6.45, 7) is 0.972. The van der Waals surface area contributed by atoms with Crippen LogP contribution in [0.25, 0.3) is 0 Å². The summed E-state index contributed by atoms with van der Waals surface area (Å²) in [4.78, 5) is 8.89. The summed E-state index contributed by atoms with van der Waals surface area (Å²) in [6, 6.07) is 0. The van der Waals surface area contributed by atoms with E-state index in [1.807, 2.05) is 0 Å². The van der Waals surface area contributed by atoms with Crippen LogP contribution in [0.5, 0.6) is 0 Å². The van der Waals surface area contributed by atoms with Crippen LogP contribution in [0.2, 0.25) is 0 Å². The smallest absolute Gasteiger partial charge is 0.550 e. The first-order valence-electron chi connectivity index (χ1n) is 0.908. The molecule has 0 saturated heterocycles. The number of hydrogen-bond donors (Lipinski definition) is 0. The Balaban J connectivity index is -0.0000000450. The Morgan fingerprint density at radius 1 is 1.67 bits per heavy atom. The van der Waals surface area contributed by atoms with Gasteiger partial charge in [0, 0.05) is 33.3 Å². The molecule has 0 aromatic carbocycles. The minimum atomic E-state index is -1.08. The zero-order valence-electron chi connectivity index (χ0n) is 3.82. The van der Waals surface area contributed by atoms with Gasteiger partial charge in [0.1, 0.15) is 0 Å². The van der Waals surface area contributed by atoms with E-state index in [0.29, 0.717) is 0 Å². The van der Waals surface area contributed by atoms with Crippen molar-refractivity contribution in [3.05, 3.63) is 0 Å². The molecular formula is C2H3NaO2Pb. The van der Waals surface area contributed by atoms with Crippen LogP contribution >= 0.6 is 0 Å². The molecular weight excluding hydrogens is 286 g/mol. The van der Waals surface area contributed by atoms with Crippen molar-refractivity contribution in [2.75, 3.05) is 0 Å². The van der Waals surface area contributed by atoms with Crippen molar-refractivity contribution in [3.63, 3.8) is 0 Å². The molecule has 0 aromatic heterocycles. The predicted molar refractivity (Wildman–Crippen MR) is 16.4 cm³/mol. The average molecular weight is 289 g/mol. The summed E-state index contributed by atoms with van der Waals surface area (Å²) in [6.07, 6.45) is 0. The van der Waals surface area contributed by atoms with E-state index < -0.39 is 5.97 Å². The van der Waals surface area contributed by atoms with E-state index in [9.17, 15) is 0 Å². The number of carbonyl (C=O) groups is 1. The monoisotopic (exact) mass is 290 g/mol. The largest absolute Gasteiger partial charge is 1.00 e. The van der Waals surface area contributed by atoms with Crippen molar-refractivity contribution in [2.45, 2.75) is 6.92 Å². The fourth-order valence-corrected chi connectivity index (χ4v) is 0. The third-order valence-corrected chi connectivity index (χ3v) is 0. The van der Waals surface area contributed by atoms with Gasteiger partial charge in [-0.25, -0.2) is 0 Å². The van der Waals surface area contributed by atoms with Gasteiger partial charge in [-0.2, -0.15) is 0 Å². The van der Waals surface area contributed by atoms with Crippen LogP contribution in [0.15, 0.2) is 0 Å². The summed E-state index contributed by atoms with van der Waals surface area (Å²) in [5, 5.41) is 8.89. The first kappa shape index (κ1) is 15.7. The Bertz CT molecular complexity index is 34.5. The maximum Gasteiger partial charge on any atom is 1.00 e. The second-order valence-electron chi connectivity index (χ2n) is 0.492. The third-order valence-electron chi connectivity index (χ3n) is 0. The Morgan fingerprint density at radius 3 is 1.67 bits per heavy atom. The zero-order chi connectivity index (χ0) is 3.58. The molecule has 0 saturated carbocycles. The summed E-state index contributed by atoms with van der Waals surface area (Å²) >= 11 is 0. The van der Waals surface area contributed by atoms with E-state index in [1.165, 1.54) is 0 Å². The maximum absolute atomic E-state index is 8.89. The molecule has 0 bridgehead atoms. The van der Waals surface area contributed by atoms with Crippen molar-refractivity contribution in [1.82, 2.24) is 0 Å². The zero-order valence-corrected chi connectivity index (χ0v) is 9.70. The number of aliphatic carboxylic acids is 1. The molecule has 6 heavy (non-hydrogen) atoms. The molecule has 0 unspecified atom stereocenters. The Labute approximate surface area is 78.8 Å². The van der Waals surface area contributed by atoms with Crippen LogP contribution in [0, 0.1) is 0 Å². The summed E-state index contributed by atoms with van der Waals surface area (Å²) in [7, 11) is 0. The van der Waals surface area contributed by atoms with Crippen molar-refractivity contribution in [2.24, 2.45) is 0 Å². The quantitative estimate of drug-likeness (QED) is 0.421. The van der Waals surface area contributed by atoms with Gasteiger partial charge in [-0.05, 0) is 6.92 Å². The average Bonchev–Trinajstić information content (AvgIpc) is 0.811. The number of carbonyl (C=O) groups excluding carboxylic acids is 1. The molecule has 0 heterocycles. The van der Waals surface area contributed by atoms with Crippen LogP contribution in [0.3, 0.4) is 0 Å². The van der Waals surface area contributed by atoms with E-state index in [0.717, 1.165) is 6.92 Å². The minimum absolute atomic E-state index is 0. The molecule has 0 amide bonds. The molecule has 0 aromatic rings. The fraction of sp³-hybridized carbons (Fsp3) is 0.500. The molecule has 0 spiro atoms. The number of hydrogen-bond acceptors (Lipinski definition) is 2. The Morgan fingerprint density at radius 2 is 1.67 bits per heavy atom. The van der Waals surface area contributed by atoms with Crippen molar-refractivity contribution in [3.8, 4) is 0 Å². The van der Waals surface area contributed by atoms with Gasteiger partial charge in [-0.1, -0.05) is 0 Å². The molecule has 0 aliphatic heterocycles. The first-order chi connectivity index (χ1) is 1.73. The van der Waals surface area contributed by atoms with E-state index in [2.05, 4.69) is 0 Å². The molecule has 0 rings (SSSR count). The second kappa shape index (κ2) is 9.63. The number of rotatable bonds is 0.